The Kier molecular flexibility index (Phi) is 7.58. The molecule has 30 heavy (non-hydrogen) atoms. The van der Waals surface area contributed by atoms with E-state index in [2.05, 4.69) is 36.8 Å². The minimum absolute atomic E-state index is 0.124. The molecule has 1 aromatic heterocycles. The molecule has 2 amide bonds. The topological polar surface area (TPSA) is 88.9 Å². The van der Waals surface area contributed by atoms with Crippen LogP contribution in [0.4, 0.5) is 10.1 Å². The molecule has 7 nitrogen and oxygen atoms in total. The zero-order chi connectivity index (χ0) is 21.5. The van der Waals surface area contributed by atoms with Gasteiger partial charge in [-0.25, -0.2) is 4.39 Å². The number of nitrogens with zero attached hydrogens (tertiary/aromatic N) is 3. The lowest BCUT2D eigenvalue weighted by Gasteiger charge is -2.09. The van der Waals surface area contributed by atoms with Gasteiger partial charge in [-0.1, -0.05) is 23.9 Å². The van der Waals surface area contributed by atoms with Gasteiger partial charge in [-0.3, -0.25) is 9.59 Å². The van der Waals surface area contributed by atoms with E-state index in [-0.39, 0.29) is 29.9 Å². The van der Waals surface area contributed by atoms with Crippen LogP contribution in [-0.2, 0) is 17.9 Å². The molecule has 0 bridgehead atoms. The first-order valence-corrected chi connectivity index (χ1v) is 10.9. The molecule has 0 aliphatic heterocycles. The SMILES string of the molecule is CCn1c(CNC(=O)c2ccccc2Br)nnc1SCC(=O)Nc1ccc(F)cc1. The van der Waals surface area contributed by atoms with Gasteiger partial charge in [0, 0.05) is 16.7 Å². The summed E-state index contributed by atoms with van der Waals surface area (Å²) in [5, 5.41) is 14.4. The molecular formula is C20H19BrFN5O2S. The van der Waals surface area contributed by atoms with Gasteiger partial charge < -0.3 is 15.2 Å². The van der Waals surface area contributed by atoms with Gasteiger partial charge in [0.05, 0.1) is 17.9 Å². The Morgan fingerprint density at radius 1 is 1.13 bits per heavy atom. The molecule has 0 fully saturated rings. The van der Waals surface area contributed by atoms with Crippen molar-refractivity contribution >= 4 is 45.2 Å². The van der Waals surface area contributed by atoms with Crippen molar-refractivity contribution < 1.29 is 14.0 Å². The summed E-state index contributed by atoms with van der Waals surface area (Å²) in [6.45, 7) is 2.74. The van der Waals surface area contributed by atoms with Crippen molar-refractivity contribution in [3.63, 3.8) is 0 Å². The third-order valence-electron chi connectivity index (χ3n) is 4.10. The van der Waals surface area contributed by atoms with Crippen molar-refractivity contribution in [1.82, 2.24) is 20.1 Å². The summed E-state index contributed by atoms with van der Waals surface area (Å²) in [6, 6.07) is 12.7. The molecule has 0 saturated carbocycles. The lowest BCUT2D eigenvalue weighted by atomic mass is 10.2. The smallest absolute Gasteiger partial charge is 0.252 e. The van der Waals surface area contributed by atoms with Crippen molar-refractivity contribution in [3.8, 4) is 0 Å². The summed E-state index contributed by atoms with van der Waals surface area (Å²) in [6.07, 6.45) is 0. The highest BCUT2D eigenvalue weighted by Gasteiger charge is 2.15. The van der Waals surface area contributed by atoms with Gasteiger partial charge in [-0.05, 0) is 59.3 Å². The largest absolute Gasteiger partial charge is 0.345 e. The van der Waals surface area contributed by atoms with Gasteiger partial charge in [0.15, 0.2) is 11.0 Å². The monoisotopic (exact) mass is 491 g/mol. The van der Waals surface area contributed by atoms with Crippen LogP contribution in [0.15, 0.2) is 58.2 Å². The number of carbonyl (C=O) groups excluding carboxylic acids is 2. The number of nitrogens with one attached hydrogen (secondary N) is 2. The van der Waals surface area contributed by atoms with Gasteiger partial charge >= 0.3 is 0 Å². The minimum atomic E-state index is -0.363. The molecule has 0 spiro atoms. The number of halogens is 2. The lowest BCUT2D eigenvalue weighted by Crippen LogP contribution is -2.25. The van der Waals surface area contributed by atoms with Crippen molar-refractivity contribution in [3.05, 3.63) is 70.2 Å². The fourth-order valence-corrected chi connectivity index (χ4v) is 3.92. The third kappa shape index (κ3) is 5.67. The quantitative estimate of drug-likeness (QED) is 0.467. The normalized spacial score (nSPS) is 10.6. The average molecular weight is 492 g/mol. The van der Waals surface area contributed by atoms with E-state index in [1.807, 2.05) is 17.6 Å². The second-order valence-corrected chi connectivity index (χ2v) is 7.95. The zero-order valence-electron chi connectivity index (χ0n) is 16.1. The number of anilines is 1. The molecule has 2 aromatic carbocycles. The second kappa shape index (κ2) is 10.4. The Balaban J connectivity index is 1.57. The van der Waals surface area contributed by atoms with Crippen LogP contribution in [0.2, 0.25) is 0 Å². The average Bonchev–Trinajstić information content (AvgIpc) is 3.14. The molecule has 0 aliphatic carbocycles. The van der Waals surface area contributed by atoms with E-state index in [0.717, 1.165) is 0 Å². The van der Waals surface area contributed by atoms with Crippen molar-refractivity contribution in [1.29, 1.82) is 0 Å². The first kappa shape index (κ1) is 22.0. The van der Waals surface area contributed by atoms with Gasteiger partial charge in [-0.15, -0.1) is 10.2 Å². The van der Waals surface area contributed by atoms with Crippen molar-refractivity contribution in [2.24, 2.45) is 0 Å². The number of benzene rings is 2. The highest BCUT2D eigenvalue weighted by Crippen LogP contribution is 2.19. The molecule has 10 heteroatoms. The van der Waals surface area contributed by atoms with E-state index in [0.29, 0.717) is 33.2 Å². The van der Waals surface area contributed by atoms with Gasteiger partial charge in [0.2, 0.25) is 5.91 Å². The summed E-state index contributed by atoms with van der Waals surface area (Å²) in [5.74, 6) is -0.0993. The maximum atomic E-state index is 12.9. The van der Waals surface area contributed by atoms with E-state index in [1.54, 1.807) is 18.2 Å². The van der Waals surface area contributed by atoms with Gasteiger partial charge in [-0.2, -0.15) is 0 Å². The number of aromatic nitrogens is 3. The molecular weight excluding hydrogens is 473 g/mol. The van der Waals surface area contributed by atoms with Crippen molar-refractivity contribution in [2.75, 3.05) is 11.1 Å². The minimum Gasteiger partial charge on any atom is -0.345 e. The standard InChI is InChI=1S/C20H19BrFN5O2S/c1-2-27-17(11-23-19(29)15-5-3-4-6-16(15)21)25-26-20(27)30-12-18(28)24-14-9-7-13(22)8-10-14/h3-10H,2,11-12H2,1H3,(H,23,29)(H,24,28). The fraction of sp³-hybridized carbons (Fsp3) is 0.200. The highest BCUT2D eigenvalue weighted by molar-refractivity contribution is 9.10. The first-order valence-electron chi connectivity index (χ1n) is 9.11. The maximum absolute atomic E-state index is 12.9. The van der Waals surface area contributed by atoms with E-state index in [1.165, 1.54) is 36.0 Å². The first-order chi connectivity index (χ1) is 14.5. The number of hydrogen-bond acceptors (Lipinski definition) is 5. The number of hydrogen-bond donors (Lipinski definition) is 2. The fourth-order valence-electron chi connectivity index (χ4n) is 2.63. The molecule has 0 unspecified atom stereocenters. The molecule has 2 N–H and O–H groups in total. The molecule has 0 radical (unpaired) electrons. The van der Waals surface area contributed by atoms with Crippen LogP contribution in [0, 0.1) is 5.82 Å². The molecule has 1 heterocycles. The molecule has 0 aliphatic rings. The third-order valence-corrected chi connectivity index (χ3v) is 5.75. The summed E-state index contributed by atoms with van der Waals surface area (Å²) in [7, 11) is 0. The van der Waals surface area contributed by atoms with E-state index < -0.39 is 0 Å². The van der Waals surface area contributed by atoms with Crippen LogP contribution in [-0.4, -0.2) is 32.3 Å². The van der Waals surface area contributed by atoms with E-state index >= 15 is 0 Å². The van der Waals surface area contributed by atoms with Crippen LogP contribution in [0.1, 0.15) is 23.1 Å². The molecule has 3 aromatic rings. The van der Waals surface area contributed by atoms with Crippen LogP contribution in [0.25, 0.3) is 0 Å². The number of thioether (sulfide) groups is 1. The van der Waals surface area contributed by atoms with E-state index in [9.17, 15) is 14.0 Å². The van der Waals surface area contributed by atoms with Crippen LogP contribution >= 0.6 is 27.7 Å². The number of rotatable bonds is 8. The highest BCUT2D eigenvalue weighted by atomic mass is 79.9. The Morgan fingerprint density at radius 3 is 2.57 bits per heavy atom. The number of amides is 2. The molecule has 3 rings (SSSR count). The Hall–Kier alpha value is -2.72. The number of carbonyl (C=O) groups is 2. The predicted molar refractivity (Wildman–Crippen MR) is 117 cm³/mol. The van der Waals surface area contributed by atoms with Crippen LogP contribution in [0.5, 0.6) is 0 Å². The maximum Gasteiger partial charge on any atom is 0.252 e. The summed E-state index contributed by atoms with van der Waals surface area (Å²) < 4.78 is 15.5. The Labute approximate surface area is 185 Å². The summed E-state index contributed by atoms with van der Waals surface area (Å²) >= 11 is 4.60. The summed E-state index contributed by atoms with van der Waals surface area (Å²) in [4.78, 5) is 24.5. The summed E-state index contributed by atoms with van der Waals surface area (Å²) in [5.41, 5.74) is 1.06. The van der Waals surface area contributed by atoms with Crippen molar-refractivity contribution in [2.45, 2.75) is 25.2 Å². The zero-order valence-corrected chi connectivity index (χ0v) is 18.5. The Bertz CT molecular complexity index is 1040. The molecule has 0 saturated heterocycles. The van der Waals surface area contributed by atoms with Gasteiger partial charge in [0.25, 0.3) is 5.91 Å². The second-order valence-electron chi connectivity index (χ2n) is 6.15. The van der Waals surface area contributed by atoms with Crippen LogP contribution in [0.3, 0.4) is 0 Å². The van der Waals surface area contributed by atoms with Crippen LogP contribution < -0.4 is 10.6 Å². The lowest BCUT2D eigenvalue weighted by molar-refractivity contribution is -0.113. The Morgan fingerprint density at radius 2 is 1.87 bits per heavy atom. The molecule has 0 atom stereocenters. The van der Waals surface area contributed by atoms with E-state index in [4.69, 9.17) is 0 Å². The predicted octanol–water partition coefficient (Wildman–Crippen LogP) is 3.86. The van der Waals surface area contributed by atoms with Gasteiger partial charge in [0.1, 0.15) is 5.82 Å². The molecule has 156 valence electrons.